The molecule has 0 saturated carbocycles. The van der Waals surface area contributed by atoms with Crippen molar-refractivity contribution < 1.29 is 21.1 Å². The van der Waals surface area contributed by atoms with Crippen LogP contribution in [0.15, 0.2) is 134 Å². The van der Waals surface area contributed by atoms with E-state index in [1.807, 2.05) is 18.3 Å². The summed E-state index contributed by atoms with van der Waals surface area (Å²) in [5, 5.41) is 4.56. The molecule has 1 aliphatic rings. The van der Waals surface area contributed by atoms with Crippen molar-refractivity contribution in [2.24, 2.45) is 7.05 Å². The molecule has 244 valence electrons. The van der Waals surface area contributed by atoms with Crippen LogP contribution >= 0.6 is 0 Å². The maximum Gasteiger partial charge on any atom is 0.132 e. The van der Waals surface area contributed by atoms with Gasteiger partial charge in [0, 0.05) is 45.7 Å². The summed E-state index contributed by atoms with van der Waals surface area (Å²) in [7, 11) is 4.14. The SMILES string of the molecule is CN1[CH-]N(c2[c-]c(-n3c4[c-]c(-c5nc6ccccc6n5C)ccc4c4cc(-c5ccc6ccccc6c5)cnc43)ccc2)c2ccccc21.[Pt]. The van der Waals surface area contributed by atoms with Crippen molar-refractivity contribution >= 4 is 60.8 Å². The van der Waals surface area contributed by atoms with E-state index in [9.17, 15) is 0 Å². The number of anilines is 3. The zero-order valence-electron chi connectivity index (χ0n) is 27.3. The second-order valence-electron chi connectivity index (χ2n) is 12.6. The number of para-hydroxylation sites is 4. The number of hydrogen-bond donors (Lipinski definition) is 0. The fraction of sp³-hybridized carbons (Fsp3) is 0.0465. The molecule has 7 heteroatoms. The van der Waals surface area contributed by atoms with Gasteiger partial charge in [-0.1, -0.05) is 77.8 Å². The first-order valence-electron chi connectivity index (χ1n) is 16.4. The average molecular weight is 825 g/mol. The van der Waals surface area contributed by atoms with E-state index in [2.05, 4.69) is 167 Å². The molecule has 0 unspecified atom stereocenters. The summed E-state index contributed by atoms with van der Waals surface area (Å²) in [6.45, 7) is 2.11. The van der Waals surface area contributed by atoms with Crippen molar-refractivity contribution in [2.45, 2.75) is 0 Å². The molecular formula is C43H29N6Pt-3. The van der Waals surface area contributed by atoms with Crippen LogP contribution in [0.1, 0.15) is 0 Å². The quantitative estimate of drug-likeness (QED) is 0.166. The summed E-state index contributed by atoms with van der Waals surface area (Å²) in [5.41, 5.74) is 11.1. The molecule has 4 heterocycles. The fourth-order valence-electron chi connectivity index (χ4n) is 7.27. The monoisotopic (exact) mass is 824 g/mol. The van der Waals surface area contributed by atoms with Crippen LogP contribution in [0.4, 0.5) is 17.1 Å². The predicted octanol–water partition coefficient (Wildman–Crippen LogP) is 9.86. The van der Waals surface area contributed by atoms with E-state index >= 15 is 0 Å². The Morgan fingerprint density at radius 3 is 2.30 bits per heavy atom. The van der Waals surface area contributed by atoms with Crippen molar-refractivity contribution in [2.75, 3.05) is 16.8 Å². The average Bonchev–Trinajstić information content (AvgIpc) is 3.79. The van der Waals surface area contributed by atoms with Crippen molar-refractivity contribution in [1.82, 2.24) is 19.1 Å². The molecule has 0 saturated heterocycles. The van der Waals surface area contributed by atoms with Crippen molar-refractivity contribution in [3.8, 4) is 28.2 Å². The molecule has 6 aromatic carbocycles. The molecule has 50 heavy (non-hydrogen) atoms. The summed E-state index contributed by atoms with van der Waals surface area (Å²) in [6.07, 6.45) is 1.98. The van der Waals surface area contributed by atoms with Crippen LogP contribution in [-0.2, 0) is 28.1 Å². The first-order chi connectivity index (χ1) is 24.1. The van der Waals surface area contributed by atoms with Gasteiger partial charge in [0.2, 0.25) is 0 Å². The molecule has 0 aliphatic carbocycles. The van der Waals surface area contributed by atoms with E-state index in [1.165, 1.54) is 10.8 Å². The number of benzene rings is 6. The van der Waals surface area contributed by atoms with Gasteiger partial charge in [0.1, 0.15) is 5.65 Å². The Morgan fingerprint density at radius 1 is 0.640 bits per heavy atom. The number of hydrogen-bond acceptors (Lipinski definition) is 4. The van der Waals surface area contributed by atoms with E-state index in [0.29, 0.717) is 0 Å². The van der Waals surface area contributed by atoms with Gasteiger partial charge in [0.05, 0.1) is 16.9 Å². The molecule has 0 bridgehead atoms. The second kappa shape index (κ2) is 11.7. The summed E-state index contributed by atoms with van der Waals surface area (Å²) >= 11 is 0. The molecule has 0 N–H and O–H groups in total. The number of aryl methyl sites for hydroxylation is 1. The number of nitrogens with zero attached hydrogens (tertiary/aromatic N) is 6. The maximum atomic E-state index is 5.15. The number of aromatic nitrogens is 4. The Morgan fingerprint density at radius 2 is 1.42 bits per heavy atom. The number of fused-ring (bicyclic) bond motifs is 6. The van der Waals surface area contributed by atoms with Gasteiger partial charge in [0.15, 0.2) is 0 Å². The molecule has 9 aromatic rings. The van der Waals surface area contributed by atoms with Crippen LogP contribution in [0.25, 0.3) is 71.9 Å². The maximum absolute atomic E-state index is 5.15. The number of imidazole rings is 1. The summed E-state index contributed by atoms with van der Waals surface area (Å²) < 4.78 is 4.33. The van der Waals surface area contributed by atoms with Gasteiger partial charge in [-0.25, -0.2) is 4.98 Å². The smallest absolute Gasteiger partial charge is 0.132 e. The first-order valence-corrected chi connectivity index (χ1v) is 16.4. The predicted molar refractivity (Wildman–Crippen MR) is 200 cm³/mol. The second-order valence-corrected chi connectivity index (χ2v) is 12.6. The van der Waals surface area contributed by atoms with E-state index in [1.54, 1.807) is 0 Å². The van der Waals surface area contributed by atoms with Crippen molar-refractivity contribution in [3.63, 3.8) is 0 Å². The van der Waals surface area contributed by atoms with Crippen LogP contribution in [-0.4, -0.2) is 26.1 Å². The summed E-state index contributed by atoms with van der Waals surface area (Å²) in [4.78, 5) is 14.5. The largest absolute Gasteiger partial charge is 0.504 e. The van der Waals surface area contributed by atoms with E-state index in [0.717, 1.165) is 78.2 Å². The standard InChI is InChI=1S/C43H29N6.Pt/c1-46-27-48(40-17-8-7-16-39(40)46)33-12-9-13-34(25-33)49-41-24-31(42-45-37-14-5-6-15-38(37)47(42)2)20-21-35(41)36-23-32(26-44-43(36)49)30-19-18-28-10-3-4-11-29(28)22-30;/h3-23,26-27H,1-2H3;/q-3;. The van der Waals surface area contributed by atoms with Gasteiger partial charge in [-0.2, -0.15) is 12.7 Å². The van der Waals surface area contributed by atoms with E-state index < -0.39 is 0 Å². The molecule has 10 rings (SSSR count). The van der Waals surface area contributed by atoms with Gasteiger partial charge in [0.25, 0.3) is 0 Å². The van der Waals surface area contributed by atoms with Crippen LogP contribution < -0.4 is 9.80 Å². The third-order valence-corrected chi connectivity index (χ3v) is 9.70. The number of pyridine rings is 1. The molecule has 3 aromatic heterocycles. The zero-order valence-corrected chi connectivity index (χ0v) is 29.6. The Hall–Kier alpha value is -5.71. The summed E-state index contributed by atoms with van der Waals surface area (Å²) in [5.74, 6) is 0.869. The Kier molecular flexibility index (Phi) is 7.11. The minimum Gasteiger partial charge on any atom is -0.504 e. The number of rotatable bonds is 4. The Bertz CT molecular complexity index is 2760. The topological polar surface area (TPSA) is 42.1 Å². The molecule has 0 amide bonds. The van der Waals surface area contributed by atoms with Gasteiger partial charge in [-0.15, -0.1) is 47.6 Å². The molecule has 0 radical (unpaired) electrons. The van der Waals surface area contributed by atoms with Crippen molar-refractivity contribution in [1.29, 1.82) is 0 Å². The van der Waals surface area contributed by atoms with Crippen LogP contribution in [0.2, 0.25) is 0 Å². The molecule has 0 spiro atoms. The Labute approximate surface area is 304 Å². The Balaban J connectivity index is 0.00000336. The van der Waals surface area contributed by atoms with Crippen molar-refractivity contribution in [3.05, 3.63) is 152 Å². The van der Waals surface area contributed by atoms with Crippen LogP contribution in [0.3, 0.4) is 0 Å². The molecule has 0 fully saturated rings. The van der Waals surface area contributed by atoms with Crippen LogP contribution in [0.5, 0.6) is 0 Å². The third kappa shape index (κ3) is 4.67. The van der Waals surface area contributed by atoms with Gasteiger partial charge >= 0.3 is 0 Å². The fourth-order valence-corrected chi connectivity index (χ4v) is 7.27. The zero-order chi connectivity index (χ0) is 32.6. The van der Waals surface area contributed by atoms with Gasteiger partial charge in [-0.3, -0.25) is 4.98 Å². The normalized spacial score (nSPS) is 12.7. The molecular weight excluding hydrogens is 796 g/mol. The van der Waals surface area contributed by atoms with E-state index in [4.69, 9.17) is 9.97 Å². The molecule has 6 nitrogen and oxygen atoms in total. The van der Waals surface area contributed by atoms with E-state index in [-0.39, 0.29) is 21.1 Å². The third-order valence-electron chi connectivity index (χ3n) is 9.70. The molecule has 1 aliphatic heterocycles. The van der Waals surface area contributed by atoms with Crippen LogP contribution in [0, 0.1) is 18.8 Å². The van der Waals surface area contributed by atoms with Gasteiger partial charge < -0.3 is 18.9 Å². The minimum absolute atomic E-state index is 0. The molecule has 0 atom stereocenters. The first kappa shape index (κ1) is 30.4. The summed E-state index contributed by atoms with van der Waals surface area (Å²) in [6, 6.07) is 52.1. The van der Waals surface area contributed by atoms with Gasteiger partial charge in [-0.05, 0) is 70.2 Å². The minimum atomic E-state index is 0.